The molecule has 0 aliphatic rings. The minimum absolute atomic E-state index is 0.174. The summed E-state index contributed by atoms with van der Waals surface area (Å²) in [5, 5.41) is 16.6. The van der Waals surface area contributed by atoms with Gasteiger partial charge in [0.15, 0.2) is 10.8 Å². The standard InChI is InChI=1S/C17H16N6OS/c1-12-8-10-14(11-9-12)18-19-16(13(2)24)25-17-20-21-22-23(17)15-6-4-3-5-7-15/h3-11,18H,1-2H3. The van der Waals surface area contributed by atoms with Crippen molar-refractivity contribution in [3.05, 3.63) is 60.2 Å². The van der Waals surface area contributed by atoms with E-state index in [4.69, 9.17) is 0 Å². The molecule has 0 saturated heterocycles. The molecule has 1 aromatic heterocycles. The summed E-state index contributed by atoms with van der Waals surface area (Å²) >= 11 is 1.11. The van der Waals surface area contributed by atoms with E-state index in [1.54, 1.807) is 4.68 Å². The Kier molecular flexibility index (Phi) is 5.20. The first-order valence-corrected chi connectivity index (χ1v) is 8.38. The van der Waals surface area contributed by atoms with E-state index in [2.05, 4.69) is 26.1 Å². The van der Waals surface area contributed by atoms with Crippen molar-refractivity contribution in [2.75, 3.05) is 5.43 Å². The second kappa shape index (κ2) is 7.71. The smallest absolute Gasteiger partial charge is 0.220 e. The molecule has 3 aromatic rings. The predicted molar refractivity (Wildman–Crippen MR) is 97.9 cm³/mol. The van der Waals surface area contributed by atoms with Crippen LogP contribution in [-0.4, -0.2) is 31.0 Å². The zero-order valence-electron chi connectivity index (χ0n) is 13.7. The molecule has 0 atom stereocenters. The molecule has 0 fully saturated rings. The van der Waals surface area contributed by atoms with Gasteiger partial charge in [0, 0.05) is 6.92 Å². The lowest BCUT2D eigenvalue weighted by Crippen LogP contribution is -2.10. The van der Waals surface area contributed by atoms with Crippen molar-refractivity contribution in [1.82, 2.24) is 20.2 Å². The summed E-state index contributed by atoms with van der Waals surface area (Å²) in [6, 6.07) is 17.2. The van der Waals surface area contributed by atoms with Gasteiger partial charge in [0.1, 0.15) is 0 Å². The molecule has 0 saturated carbocycles. The number of aryl methyl sites for hydroxylation is 1. The van der Waals surface area contributed by atoms with Crippen LogP contribution < -0.4 is 5.43 Å². The maximum atomic E-state index is 11.9. The van der Waals surface area contributed by atoms with E-state index in [0.717, 1.165) is 28.7 Å². The molecule has 1 heterocycles. The molecule has 0 radical (unpaired) electrons. The van der Waals surface area contributed by atoms with Crippen LogP contribution in [0.2, 0.25) is 0 Å². The minimum atomic E-state index is -0.174. The van der Waals surface area contributed by atoms with Crippen LogP contribution in [0.5, 0.6) is 0 Å². The fourth-order valence-corrected chi connectivity index (χ4v) is 2.69. The van der Waals surface area contributed by atoms with E-state index < -0.39 is 0 Å². The summed E-state index contributed by atoms with van der Waals surface area (Å²) in [4.78, 5) is 11.9. The monoisotopic (exact) mass is 352 g/mol. The average molecular weight is 352 g/mol. The molecule has 25 heavy (non-hydrogen) atoms. The van der Waals surface area contributed by atoms with Gasteiger partial charge in [0.2, 0.25) is 5.16 Å². The summed E-state index contributed by atoms with van der Waals surface area (Å²) < 4.78 is 1.56. The highest BCUT2D eigenvalue weighted by atomic mass is 32.2. The number of rotatable bonds is 5. The van der Waals surface area contributed by atoms with Gasteiger partial charge in [-0.05, 0) is 53.4 Å². The number of benzene rings is 2. The topological polar surface area (TPSA) is 85.1 Å². The number of anilines is 1. The minimum Gasteiger partial charge on any atom is -0.292 e. The maximum Gasteiger partial charge on any atom is 0.220 e. The number of hydrogen-bond donors (Lipinski definition) is 1. The number of nitrogens with zero attached hydrogens (tertiary/aromatic N) is 5. The lowest BCUT2D eigenvalue weighted by Gasteiger charge is -2.06. The van der Waals surface area contributed by atoms with Gasteiger partial charge >= 0.3 is 0 Å². The third kappa shape index (κ3) is 4.30. The molecule has 0 spiro atoms. The SMILES string of the molecule is CC(=O)C(=NNc1ccc(C)cc1)Sc1nnnn1-c1ccccc1. The van der Waals surface area contributed by atoms with Crippen molar-refractivity contribution in [2.45, 2.75) is 19.0 Å². The Morgan fingerprint density at radius 3 is 2.52 bits per heavy atom. The molecular weight excluding hydrogens is 336 g/mol. The number of ketones is 1. The lowest BCUT2D eigenvalue weighted by atomic mass is 10.2. The Labute approximate surface area is 149 Å². The van der Waals surface area contributed by atoms with E-state index in [9.17, 15) is 4.79 Å². The molecule has 1 N–H and O–H groups in total. The normalized spacial score (nSPS) is 11.4. The molecule has 0 amide bonds. The van der Waals surface area contributed by atoms with Crippen LogP contribution in [0.15, 0.2) is 64.9 Å². The third-order valence-electron chi connectivity index (χ3n) is 3.27. The number of nitrogens with one attached hydrogen (secondary N) is 1. The Morgan fingerprint density at radius 2 is 1.84 bits per heavy atom. The molecule has 0 aliphatic heterocycles. The molecule has 7 nitrogen and oxygen atoms in total. The lowest BCUT2D eigenvalue weighted by molar-refractivity contribution is -0.110. The van der Waals surface area contributed by atoms with Gasteiger partial charge < -0.3 is 0 Å². The zero-order valence-corrected chi connectivity index (χ0v) is 14.6. The van der Waals surface area contributed by atoms with Crippen molar-refractivity contribution < 1.29 is 4.79 Å². The zero-order chi connectivity index (χ0) is 17.6. The van der Waals surface area contributed by atoms with E-state index in [0.29, 0.717) is 5.16 Å². The number of hydrazone groups is 1. The summed E-state index contributed by atoms with van der Waals surface area (Å²) in [6.07, 6.45) is 0. The number of Topliss-reactive ketones (excluding diaryl/α,β-unsaturated/α-hetero) is 1. The van der Waals surface area contributed by atoms with Crippen molar-refractivity contribution in [3.63, 3.8) is 0 Å². The highest BCUT2D eigenvalue weighted by molar-refractivity contribution is 8.15. The van der Waals surface area contributed by atoms with Gasteiger partial charge in [0.25, 0.3) is 0 Å². The third-order valence-corrected chi connectivity index (χ3v) is 4.28. The molecule has 8 heteroatoms. The largest absolute Gasteiger partial charge is 0.292 e. The summed E-state index contributed by atoms with van der Waals surface area (Å²) in [6.45, 7) is 3.46. The number of aromatic nitrogens is 4. The molecule has 3 rings (SSSR count). The van der Waals surface area contributed by atoms with Crippen LogP contribution in [0.3, 0.4) is 0 Å². The Balaban J connectivity index is 1.81. The van der Waals surface area contributed by atoms with Crippen LogP contribution in [0, 0.1) is 6.92 Å². The van der Waals surface area contributed by atoms with Gasteiger partial charge in [-0.2, -0.15) is 9.78 Å². The van der Waals surface area contributed by atoms with Crippen LogP contribution in [0.4, 0.5) is 5.69 Å². The summed E-state index contributed by atoms with van der Waals surface area (Å²) in [7, 11) is 0. The van der Waals surface area contributed by atoms with Crippen molar-refractivity contribution in [2.24, 2.45) is 5.10 Å². The highest BCUT2D eigenvalue weighted by Gasteiger charge is 2.16. The number of tetrazole rings is 1. The number of carbonyl (C=O) groups excluding carboxylic acids is 1. The quantitative estimate of drug-likeness (QED) is 0.329. The van der Waals surface area contributed by atoms with E-state index in [-0.39, 0.29) is 10.8 Å². The fourth-order valence-electron chi connectivity index (χ4n) is 1.98. The Morgan fingerprint density at radius 1 is 1.12 bits per heavy atom. The fraction of sp³-hybridized carbons (Fsp3) is 0.118. The van der Waals surface area contributed by atoms with Crippen LogP contribution >= 0.6 is 11.8 Å². The molecule has 0 bridgehead atoms. The second-order valence-electron chi connectivity index (χ2n) is 5.26. The number of hydrogen-bond acceptors (Lipinski definition) is 7. The van der Waals surface area contributed by atoms with Crippen LogP contribution in [-0.2, 0) is 4.79 Å². The van der Waals surface area contributed by atoms with Gasteiger partial charge in [-0.1, -0.05) is 35.9 Å². The predicted octanol–water partition coefficient (Wildman–Crippen LogP) is 3.08. The second-order valence-corrected chi connectivity index (χ2v) is 6.22. The molecule has 2 aromatic carbocycles. The van der Waals surface area contributed by atoms with Crippen molar-refractivity contribution in [1.29, 1.82) is 0 Å². The highest BCUT2D eigenvalue weighted by Crippen LogP contribution is 2.20. The molecule has 0 aliphatic carbocycles. The molecule has 126 valence electrons. The molecular formula is C17H16N6OS. The summed E-state index contributed by atoms with van der Waals surface area (Å²) in [5.41, 5.74) is 5.65. The number of para-hydroxylation sites is 1. The first-order valence-electron chi connectivity index (χ1n) is 7.56. The maximum absolute atomic E-state index is 11.9. The van der Waals surface area contributed by atoms with Crippen LogP contribution in [0.1, 0.15) is 12.5 Å². The van der Waals surface area contributed by atoms with Gasteiger partial charge in [-0.15, -0.1) is 5.10 Å². The Bertz CT molecular complexity index is 889. The van der Waals surface area contributed by atoms with Gasteiger partial charge in [-0.25, -0.2) is 0 Å². The summed E-state index contributed by atoms with van der Waals surface area (Å²) in [5.74, 6) is -0.174. The Hall–Kier alpha value is -3.00. The number of carbonyl (C=O) groups is 1. The van der Waals surface area contributed by atoms with E-state index in [1.165, 1.54) is 6.92 Å². The van der Waals surface area contributed by atoms with Crippen molar-refractivity contribution >= 4 is 28.3 Å². The average Bonchev–Trinajstić information content (AvgIpc) is 3.08. The van der Waals surface area contributed by atoms with Gasteiger partial charge in [0.05, 0.1) is 11.4 Å². The van der Waals surface area contributed by atoms with Crippen LogP contribution in [0.25, 0.3) is 5.69 Å². The van der Waals surface area contributed by atoms with E-state index in [1.807, 2.05) is 61.5 Å². The van der Waals surface area contributed by atoms with Crippen molar-refractivity contribution in [3.8, 4) is 5.69 Å². The first kappa shape index (κ1) is 16.8. The first-order chi connectivity index (χ1) is 12.1. The number of thioether (sulfide) groups is 1. The molecule has 0 unspecified atom stereocenters. The van der Waals surface area contributed by atoms with Gasteiger partial charge in [-0.3, -0.25) is 10.2 Å². The van der Waals surface area contributed by atoms with E-state index >= 15 is 0 Å².